The van der Waals surface area contributed by atoms with Gasteiger partial charge in [0, 0.05) is 29.0 Å². The molecule has 2 heterocycles. The molecule has 6 nitrogen and oxygen atoms in total. The number of carbonyl (C=O) groups excluding carboxylic acids is 2. The Bertz CT molecular complexity index is 993. The van der Waals surface area contributed by atoms with E-state index in [1.54, 1.807) is 17.5 Å². The van der Waals surface area contributed by atoms with E-state index in [1.807, 2.05) is 31.2 Å². The Balaban J connectivity index is 1.52. The Morgan fingerprint density at radius 3 is 2.67 bits per heavy atom. The van der Waals surface area contributed by atoms with Gasteiger partial charge in [0.05, 0.1) is 0 Å². The Kier molecular flexibility index (Phi) is 4.94. The molecule has 0 spiro atoms. The Morgan fingerprint density at radius 2 is 1.96 bits per heavy atom. The Labute approximate surface area is 161 Å². The van der Waals surface area contributed by atoms with Gasteiger partial charge in [0.1, 0.15) is 22.1 Å². The summed E-state index contributed by atoms with van der Waals surface area (Å²) in [7, 11) is 0. The van der Waals surface area contributed by atoms with E-state index in [-0.39, 0.29) is 17.7 Å². The van der Waals surface area contributed by atoms with Crippen LogP contribution in [0.15, 0.2) is 30.5 Å². The van der Waals surface area contributed by atoms with Gasteiger partial charge in [-0.15, -0.1) is 10.2 Å². The van der Waals surface area contributed by atoms with Crippen LogP contribution in [0.25, 0.3) is 21.3 Å². The molecule has 27 heavy (non-hydrogen) atoms. The van der Waals surface area contributed by atoms with E-state index in [9.17, 15) is 9.59 Å². The lowest BCUT2D eigenvalue weighted by molar-refractivity contribution is -0.122. The maximum atomic E-state index is 12.5. The average molecular weight is 380 g/mol. The van der Waals surface area contributed by atoms with Crippen molar-refractivity contribution in [2.24, 2.45) is 11.8 Å². The number of nitrogens with zero attached hydrogens (tertiary/aromatic N) is 3. The van der Waals surface area contributed by atoms with Gasteiger partial charge in [0.2, 0.25) is 5.91 Å². The van der Waals surface area contributed by atoms with Crippen molar-refractivity contribution >= 4 is 40.1 Å². The summed E-state index contributed by atoms with van der Waals surface area (Å²) in [6, 6.07) is 7.94. The van der Waals surface area contributed by atoms with Gasteiger partial charge < -0.3 is 10.1 Å². The molecule has 1 amide bonds. The summed E-state index contributed by atoms with van der Waals surface area (Å²) in [4.78, 5) is 27.8. The van der Waals surface area contributed by atoms with Crippen molar-refractivity contribution in [3.8, 4) is 10.6 Å². The van der Waals surface area contributed by atoms with Crippen LogP contribution in [-0.2, 0) is 9.59 Å². The largest absolute Gasteiger partial charge is 0.310 e. The number of nitrogens with one attached hydrogen (secondary N) is 1. The Hall–Kier alpha value is -2.67. The number of carbonyl (C=O) groups is 2. The lowest BCUT2D eigenvalue weighted by Crippen LogP contribution is -2.27. The summed E-state index contributed by atoms with van der Waals surface area (Å²) in [6.07, 6.45) is 5.86. The van der Waals surface area contributed by atoms with Crippen LogP contribution in [0.2, 0.25) is 0 Å². The third kappa shape index (κ3) is 3.88. The van der Waals surface area contributed by atoms with Crippen molar-refractivity contribution in [3.63, 3.8) is 0 Å². The summed E-state index contributed by atoms with van der Waals surface area (Å²) >= 11 is 1.55. The fourth-order valence-electron chi connectivity index (χ4n) is 3.50. The van der Waals surface area contributed by atoms with Crippen LogP contribution in [0.1, 0.15) is 30.7 Å². The van der Waals surface area contributed by atoms with Gasteiger partial charge in [-0.3, -0.25) is 4.79 Å². The molecule has 1 N–H and O–H groups in total. The smallest absolute Gasteiger partial charge is 0.228 e. The fraction of sp³-hybridized carbons (Fsp3) is 0.350. The number of anilines is 1. The predicted molar refractivity (Wildman–Crippen MR) is 106 cm³/mol. The molecule has 1 aliphatic rings. The molecule has 0 atom stereocenters. The first-order valence-corrected chi connectivity index (χ1v) is 9.90. The monoisotopic (exact) mass is 380 g/mol. The van der Waals surface area contributed by atoms with Gasteiger partial charge in [-0.1, -0.05) is 23.5 Å². The van der Waals surface area contributed by atoms with E-state index < -0.39 is 0 Å². The SMILES string of the molecule is Cc1nnc(-c2ccc3cnc(NC(=O)C4CCC(C=O)CC4)cc3c2)s1. The molecule has 2 aromatic heterocycles. The summed E-state index contributed by atoms with van der Waals surface area (Å²) < 4.78 is 0. The number of hydrogen-bond donors (Lipinski definition) is 1. The van der Waals surface area contributed by atoms with Crippen molar-refractivity contribution in [1.82, 2.24) is 15.2 Å². The molecule has 138 valence electrons. The van der Waals surface area contributed by atoms with E-state index in [2.05, 4.69) is 20.5 Å². The minimum Gasteiger partial charge on any atom is -0.310 e. The molecule has 0 saturated heterocycles. The molecule has 1 aliphatic carbocycles. The fourth-order valence-corrected chi connectivity index (χ4v) is 4.19. The van der Waals surface area contributed by atoms with Crippen LogP contribution in [0.3, 0.4) is 0 Å². The minimum atomic E-state index is -0.0469. The van der Waals surface area contributed by atoms with Crippen molar-refractivity contribution in [2.45, 2.75) is 32.6 Å². The van der Waals surface area contributed by atoms with Crippen LogP contribution in [-0.4, -0.2) is 27.4 Å². The zero-order valence-electron chi connectivity index (χ0n) is 15.0. The van der Waals surface area contributed by atoms with Crippen molar-refractivity contribution in [3.05, 3.63) is 35.5 Å². The van der Waals surface area contributed by atoms with Crippen LogP contribution in [0, 0.1) is 18.8 Å². The number of pyridine rings is 1. The predicted octanol–water partition coefficient (Wildman–Crippen LogP) is 4.01. The van der Waals surface area contributed by atoms with E-state index in [1.165, 1.54) is 0 Å². The number of aldehydes is 1. The molecular weight excluding hydrogens is 360 g/mol. The lowest BCUT2D eigenvalue weighted by atomic mass is 9.82. The van der Waals surface area contributed by atoms with E-state index in [0.29, 0.717) is 5.82 Å². The van der Waals surface area contributed by atoms with Crippen molar-refractivity contribution < 1.29 is 9.59 Å². The highest BCUT2D eigenvalue weighted by molar-refractivity contribution is 7.14. The van der Waals surface area contributed by atoms with Crippen LogP contribution in [0.5, 0.6) is 0 Å². The van der Waals surface area contributed by atoms with E-state index in [0.717, 1.165) is 58.3 Å². The third-order valence-electron chi connectivity index (χ3n) is 5.08. The first kappa shape index (κ1) is 17.7. The minimum absolute atomic E-state index is 0.0119. The van der Waals surface area contributed by atoms with Crippen molar-refractivity contribution in [1.29, 1.82) is 0 Å². The second-order valence-electron chi connectivity index (χ2n) is 6.99. The number of aryl methyl sites for hydroxylation is 1. The third-order valence-corrected chi connectivity index (χ3v) is 5.97. The molecule has 0 radical (unpaired) electrons. The van der Waals surface area contributed by atoms with Gasteiger partial charge >= 0.3 is 0 Å². The number of aromatic nitrogens is 3. The van der Waals surface area contributed by atoms with Gasteiger partial charge in [-0.2, -0.15) is 0 Å². The highest BCUT2D eigenvalue weighted by atomic mass is 32.1. The first-order chi connectivity index (χ1) is 13.1. The molecule has 4 rings (SSSR count). The molecule has 1 aromatic carbocycles. The second-order valence-corrected chi connectivity index (χ2v) is 8.18. The standard InChI is InChI=1S/C20H20N4O2S/c1-12-23-24-20(27-12)15-6-7-16-10-21-18(9-17(16)8-15)22-19(26)14-4-2-13(11-25)3-5-14/h6-11,13-14H,2-5H2,1H3,(H,21,22,26). The molecule has 1 saturated carbocycles. The van der Waals surface area contributed by atoms with Gasteiger partial charge in [0.15, 0.2) is 0 Å². The van der Waals surface area contributed by atoms with Gasteiger partial charge in [-0.25, -0.2) is 4.98 Å². The normalized spacial score (nSPS) is 19.7. The van der Waals surface area contributed by atoms with Crippen LogP contribution in [0.4, 0.5) is 5.82 Å². The molecular formula is C20H20N4O2S. The number of hydrogen-bond acceptors (Lipinski definition) is 6. The average Bonchev–Trinajstić information content (AvgIpc) is 3.14. The molecule has 1 fully saturated rings. The van der Waals surface area contributed by atoms with Crippen LogP contribution < -0.4 is 5.32 Å². The maximum absolute atomic E-state index is 12.5. The van der Waals surface area contributed by atoms with E-state index >= 15 is 0 Å². The maximum Gasteiger partial charge on any atom is 0.228 e. The number of amides is 1. The summed E-state index contributed by atoms with van der Waals surface area (Å²) in [5.74, 6) is 0.599. The number of rotatable bonds is 4. The topological polar surface area (TPSA) is 84.8 Å². The zero-order chi connectivity index (χ0) is 18.8. The highest BCUT2D eigenvalue weighted by Gasteiger charge is 2.26. The summed E-state index contributed by atoms with van der Waals surface area (Å²) in [6.45, 7) is 1.93. The van der Waals surface area contributed by atoms with Gasteiger partial charge in [0.25, 0.3) is 0 Å². The zero-order valence-corrected chi connectivity index (χ0v) is 15.8. The number of benzene rings is 1. The molecule has 7 heteroatoms. The molecule has 3 aromatic rings. The Morgan fingerprint density at radius 1 is 1.15 bits per heavy atom. The molecule has 0 bridgehead atoms. The van der Waals surface area contributed by atoms with Crippen molar-refractivity contribution in [2.75, 3.05) is 5.32 Å². The summed E-state index contributed by atoms with van der Waals surface area (Å²) in [5, 5.41) is 15.0. The quantitative estimate of drug-likeness (QED) is 0.692. The van der Waals surface area contributed by atoms with Crippen LogP contribution >= 0.6 is 11.3 Å². The second kappa shape index (κ2) is 7.52. The first-order valence-electron chi connectivity index (χ1n) is 9.09. The highest BCUT2D eigenvalue weighted by Crippen LogP contribution is 2.30. The van der Waals surface area contributed by atoms with Gasteiger partial charge in [-0.05, 0) is 50.1 Å². The molecule has 0 aliphatic heterocycles. The summed E-state index contributed by atoms with van der Waals surface area (Å²) in [5.41, 5.74) is 1.00. The van der Waals surface area contributed by atoms with E-state index in [4.69, 9.17) is 0 Å². The number of fused-ring (bicyclic) bond motifs is 1. The molecule has 0 unspecified atom stereocenters. The lowest BCUT2D eigenvalue weighted by Gasteiger charge is -2.24.